The molecule has 0 amide bonds. The topological polar surface area (TPSA) is 15.3 Å². The molecule has 1 aromatic carbocycles. The summed E-state index contributed by atoms with van der Waals surface area (Å²) in [6.45, 7) is 4.39. The molecule has 1 aromatic rings. The summed E-state index contributed by atoms with van der Waals surface area (Å²) in [6.07, 6.45) is 5.08. The Hall–Kier alpha value is -0.640. The summed E-state index contributed by atoms with van der Waals surface area (Å²) in [6, 6.07) is 6.28. The summed E-state index contributed by atoms with van der Waals surface area (Å²) in [5, 5.41) is 4.11. The van der Waals surface area contributed by atoms with Crippen molar-refractivity contribution in [3.8, 4) is 0 Å². The molecule has 4 heteroatoms. The van der Waals surface area contributed by atoms with Crippen LogP contribution in [-0.4, -0.2) is 30.1 Å². The number of benzene rings is 1. The normalized spacial score (nSPS) is 24.3. The maximum absolute atomic E-state index is 13.2. The van der Waals surface area contributed by atoms with Crippen LogP contribution < -0.4 is 5.32 Å². The van der Waals surface area contributed by atoms with Gasteiger partial charge >= 0.3 is 0 Å². The molecule has 2 unspecified atom stereocenters. The highest BCUT2D eigenvalue weighted by atomic mass is 35.5. The largest absolute Gasteiger partial charge is 0.313 e. The van der Waals surface area contributed by atoms with Crippen molar-refractivity contribution in [2.24, 2.45) is 0 Å². The van der Waals surface area contributed by atoms with Gasteiger partial charge in [0.15, 0.2) is 0 Å². The first-order valence-electron chi connectivity index (χ1n) is 7.59. The van der Waals surface area contributed by atoms with Gasteiger partial charge in [-0.05, 0) is 56.8 Å². The third-order valence-electron chi connectivity index (χ3n) is 4.52. The lowest BCUT2D eigenvalue weighted by molar-refractivity contribution is 0.182. The van der Waals surface area contributed by atoms with Crippen molar-refractivity contribution in [2.45, 2.75) is 50.7 Å². The van der Waals surface area contributed by atoms with Crippen LogP contribution in [0.25, 0.3) is 0 Å². The summed E-state index contributed by atoms with van der Waals surface area (Å²) in [7, 11) is 0. The third kappa shape index (κ3) is 3.16. The molecule has 2 aliphatic rings. The van der Waals surface area contributed by atoms with E-state index >= 15 is 0 Å². The van der Waals surface area contributed by atoms with Gasteiger partial charge in [0.2, 0.25) is 0 Å². The van der Waals surface area contributed by atoms with Gasteiger partial charge in [0.25, 0.3) is 0 Å². The number of hydrogen-bond donors (Lipinski definition) is 1. The molecular weight excluding hydrogens is 275 g/mol. The van der Waals surface area contributed by atoms with E-state index in [0.29, 0.717) is 17.1 Å². The molecule has 3 rings (SSSR count). The van der Waals surface area contributed by atoms with E-state index < -0.39 is 0 Å². The van der Waals surface area contributed by atoms with E-state index in [1.807, 2.05) is 6.07 Å². The van der Waals surface area contributed by atoms with Gasteiger partial charge in [-0.15, -0.1) is 0 Å². The predicted molar refractivity (Wildman–Crippen MR) is 80.6 cm³/mol. The fourth-order valence-electron chi connectivity index (χ4n) is 3.22. The monoisotopic (exact) mass is 296 g/mol. The molecule has 0 radical (unpaired) electrons. The zero-order valence-corrected chi connectivity index (χ0v) is 12.7. The van der Waals surface area contributed by atoms with E-state index in [4.69, 9.17) is 11.6 Å². The molecule has 1 saturated heterocycles. The molecule has 1 aliphatic carbocycles. The maximum Gasteiger partial charge on any atom is 0.124 e. The number of nitrogens with one attached hydrogen (secondary N) is 1. The lowest BCUT2D eigenvalue weighted by Gasteiger charge is -2.32. The third-order valence-corrected chi connectivity index (χ3v) is 4.85. The van der Waals surface area contributed by atoms with Gasteiger partial charge in [-0.1, -0.05) is 17.7 Å². The van der Waals surface area contributed by atoms with E-state index in [2.05, 4.69) is 17.1 Å². The highest BCUT2D eigenvalue weighted by Crippen LogP contribution is 2.37. The lowest BCUT2D eigenvalue weighted by Crippen LogP contribution is -2.40. The molecule has 2 fully saturated rings. The SMILES string of the molecule is CC(c1ccc(F)cc1Cl)N(CC1CCCN1)C1CC1. The Morgan fingerprint density at radius 2 is 2.20 bits per heavy atom. The quantitative estimate of drug-likeness (QED) is 0.890. The van der Waals surface area contributed by atoms with Crippen LogP contribution in [0, 0.1) is 5.82 Å². The number of hydrogen-bond acceptors (Lipinski definition) is 2. The second-order valence-corrected chi connectivity index (χ2v) is 6.47. The Morgan fingerprint density at radius 1 is 1.40 bits per heavy atom. The molecule has 0 aromatic heterocycles. The van der Waals surface area contributed by atoms with E-state index in [1.54, 1.807) is 0 Å². The highest BCUT2D eigenvalue weighted by Gasteiger charge is 2.35. The maximum atomic E-state index is 13.2. The van der Waals surface area contributed by atoms with Gasteiger partial charge in [0, 0.05) is 29.7 Å². The summed E-state index contributed by atoms with van der Waals surface area (Å²) in [5.74, 6) is -0.263. The molecular formula is C16H22ClFN2. The summed E-state index contributed by atoms with van der Waals surface area (Å²) in [5.41, 5.74) is 1.04. The van der Waals surface area contributed by atoms with Crippen molar-refractivity contribution in [3.63, 3.8) is 0 Å². The number of halogens is 2. The predicted octanol–water partition coefficient (Wildman–Crippen LogP) is 3.76. The average molecular weight is 297 g/mol. The van der Waals surface area contributed by atoms with E-state index in [1.165, 1.54) is 37.8 Å². The summed E-state index contributed by atoms with van der Waals surface area (Å²) >= 11 is 6.23. The van der Waals surface area contributed by atoms with Crippen molar-refractivity contribution in [2.75, 3.05) is 13.1 Å². The Balaban J connectivity index is 1.75. The van der Waals surface area contributed by atoms with Crippen molar-refractivity contribution in [3.05, 3.63) is 34.6 Å². The van der Waals surface area contributed by atoms with Gasteiger partial charge in [-0.2, -0.15) is 0 Å². The van der Waals surface area contributed by atoms with Crippen LogP contribution in [0.5, 0.6) is 0 Å². The zero-order chi connectivity index (χ0) is 14.1. The second-order valence-electron chi connectivity index (χ2n) is 6.06. The average Bonchev–Trinajstić information content (AvgIpc) is 3.12. The molecule has 0 spiro atoms. The van der Waals surface area contributed by atoms with Crippen LogP contribution in [-0.2, 0) is 0 Å². The van der Waals surface area contributed by atoms with E-state index in [0.717, 1.165) is 18.7 Å². The first kappa shape index (κ1) is 14.3. The van der Waals surface area contributed by atoms with Crippen LogP contribution >= 0.6 is 11.6 Å². The Kier molecular flexibility index (Phi) is 4.29. The molecule has 1 heterocycles. The van der Waals surface area contributed by atoms with Crippen molar-refractivity contribution < 1.29 is 4.39 Å². The van der Waals surface area contributed by atoms with Crippen LogP contribution in [0.4, 0.5) is 4.39 Å². The Morgan fingerprint density at radius 3 is 2.80 bits per heavy atom. The van der Waals surface area contributed by atoms with E-state index in [9.17, 15) is 4.39 Å². The molecule has 20 heavy (non-hydrogen) atoms. The minimum atomic E-state index is -0.263. The highest BCUT2D eigenvalue weighted by molar-refractivity contribution is 6.31. The minimum absolute atomic E-state index is 0.248. The second kappa shape index (κ2) is 6.00. The molecule has 1 N–H and O–H groups in total. The molecule has 110 valence electrons. The smallest absolute Gasteiger partial charge is 0.124 e. The van der Waals surface area contributed by atoms with Crippen molar-refractivity contribution in [1.29, 1.82) is 0 Å². The van der Waals surface area contributed by atoms with Gasteiger partial charge in [-0.25, -0.2) is 4.39 Å². The molecule has 1 aliphatic heterocycles. The van der Waals surface area contributed by atoms with Gasteiger partial charge in [0.05, 0.1) is 0 Å². The van der Waals surface area contributed by atoms with E-state index in [-0.39, 0.29) is 11.9 Å². The molecule has 1 saturated carbocycles. The summed E-state index contributed by atoms with van der Waals surface area (Å²) in [4.78, 5) is 2.54. The standard InChI is InChI=1S/C16H22ClFN2/c1-11(15-7-4-12(18)9-16(15)17)20(14-5-6-14)10-13-3-2-8-19-13/h4,7,9,11,13-14,19H,2-3,5-6,8,10H2,1H3. The van der Waals surface area contributed by atoms with Crippen molar-refractivity contribution >= 4 is 11.6 Å². The Labute approximate surface area is 125 Å². The van der Waals surface area contributed by atoms with Gasteiger partial charge < -0.3 is 5.32 Å². The van der Waals surface area contributed by atoms with Crippen LogP contribution in [0.2, 0.25) is 5.02 Å². The summed E-state index contributed by atoms with van der Waals surface area (Å²) < 4.78 is 13.2. The molecule has 2 nitrogen and oxygen atoms in total. The minimum Gasteiger partial charge on any atom is -0.313 e. The molecule has 2 atom stereocenters. The van der Waals surface area contributed by atoms with Gasteiger partial charge in [0.1, 0.15) is 5.82 Å². The van der Waals surface area contributed by atoms with Crippen LogP contribution in [0.1, 0.15) is 44.2 Å². The first-order chi connectivity index (χ1) is 9.65. The first-order valence-corrected chi connectivity index (χ1v) is 7.97. The fourth-order valence-corrected chi connectivity index (χ4v) is 3.54. The van der Waals surface area contributed by atoms with Crippen LogP contribution in [0.15, 0.2) is 18.2 Å². The lowest BCUT2D eigenvalue weighted by atomic mass is 10.1. The van der Waals surface area contributed by atoms with Gasteiger partial charge in [-0.3, -0.25) is 4.90 Å². The van der Waals surface area contributed by atoms with Crippen LogP contribution in [0.3, 0.4) is 0 Å². The molecule has 0 bridgehead atoms. The Bertz CT molecular complexity index is 470. The number of rotatable bonds is 5. The van der Waals surface area contributed by atoms with Crippen molar-refractivity contribution in [1.82, 2.24) is 10.2 Å². The zero-order valence-electron chi connectivity index (χ0n) is 11.9. The number of nitrogens with zero attached hydrogens (tertiary/aromatic N) is 1. The fraction of sp³-hybridized carbons (Fsp3) is 0.625.